The number of benzene rings is 2. The Hall–Kier alpha value is -2.66. The fourth-order valence-electron chi connectivity index (χ4n) is 2.70. The number of carbonyl (C=O) groups excluding carboxylic acids is 1. The van der Waals surface area contributed by atoms with Gasteiger partial charge in [-0.2, -0.15) is 0 Å². The summed E-state index contributed by atoms with van der Waals surface area (Å²) in [6.07, 6.45) is 1.27. The molecule has 2 atom stereocenters. The average Bonchev–Trinajstić information content (AvgIpc) is 2.61. The zero-order valence-electron chi connectivity index (χ0n) is 14.0. The van der Waals surface area contributed by atoms with Crippen LogP contribution in [0.25, 0.3) is 0 Å². The molecule has 0 spiro atoms. The molecule has 1 saturated heterocycles. The van der Waals surface area contributed by atoms with Crippen LogP contribution >= 0.6 is 0 Å². The second-order valence-corrected chi connectivity index (χ2v) is 5.67. The lowest BCUT2D eigenvalue weighted by molar-refractivity contribution is -0.136. The summed E-state index contributed by atoms with van der Waals surface area (Å²) < 4.78 is 10.4. The summed E-state index contributed by atoms with van der Waals surface area (Å²) in [5.74, 6) is 0.733. The number of aliphatic imine (C=N–C) groups is 1. The van der Waals surface area contributed by atoms with Gasteiger partial charge in [0.15, 0.2) is 6.10 Å². The van der Waals surface area contributed by atoms with E-state index >= 15 is 0 Å². The second-order valence-electron chi connectivity index (χ2n) is 5.67. The number of β-lactam (4-membered cyclic amide) rings is 1. The van der Waals surface area contributed by atoms with Crippen molar-refractivity contribution in [2.45, 2.75) is 19.1 Å². The zero-order chi connectivity index (χ0) is 17.1. The molecule has 0 saturated carbocycles. The summed E-state index contributed by atoms with van der Waals surface area (Å²) >= 11 is 0. The number of hydrogen-bond donors (Lipinski definition) is 0. The Morgan fingerprint density at radius 1 is 1.04 bits per heavy atom. The van der Waals surface area contributed by atoms with Gasteiger partial charge in [-0.25, -0.2) is 0 Å². The predicted molar refractivity (Wildman–Crippen MR) is 94.4 cm³/mol. The van der Waals surface area contributed by atoms with Gasteiger partial charge in [-0.1, -0.05) is 17.7 Å². The lowest BCUT2D eigenvalue weighted by Crippen LogP contribution is -2.66. The number of hydrogen-bond acceptors (Lipinski definition) is 4. The molecule has 1 aliphatic heterocycles. The van der Waals surface area contributed by atoms with Crippen LogP contribution in [0.3, 0.4) is 0 Å². The van der Waals surface area contributed by atoms with Crippen molar-refractivity contribution in [3.63, 3.8) is 0 Å². The fourth-order valence-corrected chi connectivity index (χ4v) is 2.70. The summed E-state index contributed by atoms with van der Waals surface area (Å²) in [6, 6.07) is 15.1. The number of amides is 1. The number of carbonyl (C=O) groups is 1. The molecule has 0 bridgehead atoms. The Morgan fingerprint density at radius 2 is 1.71 bits per heavy atom. The van der Waals surface area contributed by atoms with E-state index < -0.39 is 6.10 Å². The van der Waals surface area contributed by atoms with E-state index in [9.17, 15) is 4.79 Å². The lowest BCUT2D eigenvalue weighted by Gasteiger charge is -2.44. The summed E-state index contributed by atoms with van der Waals surface area (Å²) in [6.45, 7) is 2.02. The van der Waals surface area contributed by atoms with E-state index in [-0.39, 0.29) is 11.9 Å². The Kier molecular flexibility index (Phi) is 4.62. The van der Waals surface area contributed by atoms with Gasteiger partial charge in [0.05, 0.1) is 12.8 Å². The quantitative estimate of drug-likeness (QED) is 0.627. The molecule has 5 nitrogen and oxygen atoms in total. The van der Waals surface area contributed by atoms with Gasteiger partial charge in [-0.05, 0) is 43.3 Å². The highest BCUT2D eigenvalue weighted by Gasteiger charge is 2.47. The molecule has 2 aromatic carbocycles. The highest BCUT2D eigenvalue weighted by atomic mass is 16.5. The van der Waals surface area contributed by atoms with Crippen LogP contribution in [0.2, 0.25) is 0 Å². The maximum atomic E-state index is 12.3. The van der Waals surface area contributed by atoms with Crippen molar-refractivity contribution in [3.05, 3.63) is 54.1 Å². The van der Waals surface area contributed by atoms with Crippen LogP contribution in [0.1, 0.15) is 5.56 Å². The standard InChI is InChI=1S/C19H20N2O3/c1-13-4-8-15(9-5-13)21-17(18(24-3)19(21)22)12-20-14-6-10-16(23-2)11-7-14/h4-12,17-18H,1-3H3/t17-,18+/m0/s1. The minimum absolute atomic E-state index is 0.0486. The summed E-state index contributed by atoms with van der Waals surface area (Å²) in [4.78, 5) is 18.5. The average molecular weight is 324 g/mol. The molecule has 0 radical (unpaired) electrons. The van der Waals surface area contributed by atoms with E-state index in [1.165, 1.54) is 0 Å². The number of aryl methyl sites for hydroxylation is 1. The van der Waals surface area contributed by atoms with Gasteiger partial charge in [0, 0.05) is 19.0 Å². The van der Waals surface area contributed by atoms with Gasteiger partial charge in [-0.3, -0.25) is 14.7 Å². The van der Waals surface area contributed by atoms with E-state index in [2.05, 4.69) is 4.99 Å². The molecule has 0 aromatic heterocycles. The summed E-state index contributed by atoms with van der Waals surface area (Å²) in [5.41, 5.74) is 2.80. The largest absolute Gasteiger partial charge is 0.497 e. The Balaban J connectivity index is 1.81. The lowest BCUT2D eigenvalue weighted by atomic mass is 9.97. The normalized spacial score (nSPS) is 20.3. The van der Waals surface area contributed by atoms with Crippen LogP contribution in [-0.4, -0.2) is 38.5 Å². The summed E-state index contributed by atoms with van der Waals surface area (Å²) in [5, 5.41) is 0. The molecular formula is C19H20N2O3. The molecule has 0 N–H and O–H groups in total. The minimum Gasteiger partial charge on any atom is -0.497 e. The molecule has 124 valence electrons. The molecule has 2 aromatic rings. The minimum atomic E-state index is -0.492. The highest BCUT2D eigenvalue weighted by Crippen LogP contribution is 2.30. The Labute approximate surface area is 141 Å². The van der Waals surface area contributed by atoms with Crippen LogP contribution < -0.4 is 9.64 Å². The van der Waals surface area contributed by atoms with Gasteiger partial charge in [0.2, 0.25) is 0 Å². The van der Waals surface area contributed by atoms with E-state index in [0.717, 1.165) is 22.7 Å². The maximum Gasteiger partial charge on any atom is 0.259 e. The predicted octanol–water partition coefficient (Wildman–Crippen LogP) is 3.14. The van der Waals surface area contributed by atoms with Crippen molar-refractivity contribution in [1.29, 1.82) is 0 Å². The van der Waals surface area contributed by atoms with Crippen molar-refractivity contribution >= 4 is 23.5 Å². The maximum absolute atomic E-state index is 12.3. The fraction of sp³-hybridized carbons (Fsp3) is 0.263. The van der Waals surface area contributed by atoms with Crippen molar-refractivity contribution in [2.24, 2.45) is 4.99 Å². The third-order valence-corrected chi connectivity index (χ3v) is 4.10. The van der Waals surface area contributed by atoms with Gasteiger partial charge in [-0.15, -0.1) is 0 Å². The van der Waals surface area contributed by atoms with Crippen LogP contribution in [0.15, 0.2) is 53.5 Å². The number of nitrogens with zero attached hydrogens (tertiary/aromatic N) is 2. The molecule has 24 heavy (non-hydrogen) atoms. The van der Waals surface area contributed by atoms with E-state index in [1.807, 2.05) is 55.5 Å². The Morgan fingerprint density at radius 3 is 2.29 bits per heavy atom. The number of methoxy groups -OCH3 is 2. The van der Waals surface area contributed by atoms with Crippen LogP contribution in [-0.2, 0) is 9.53 Å². The molecule has 5 heteroatoms. The monoisotopic (exact) mass is 324 g/mol. The molecular weight excluding hydrogens is 304 g/mol. The number of anilines is 1. The zero-order valence-corrected chi connectivity index (χ0v) is 14.0. The van der Waals surface area contributed by atoms with Crippen molar-refractivity contribution in [2.75, 3.05) is 19.1 Å². The van der Waals surface area contributed by atoms with E-state index in [1.54, 1.807) is 25.3 Å². The van der Waals surface area contributed by atoms with E-state index in [0.29, 0.717) is 0 Å². The number of rotatable bonds is 5. The van der Waals surface area contributed by atoms with Gasteiger partial charge in [0.1, 0.15) is 11.8 Å². The van der Waals surface area contributed by atoms with Crippen LogP contribution in [0.4, 0.5) is 11.4 Å². The van der Waals surface area contributed by atoms with Crippen LogP contribution in [0, 0.1) is 6.92 Å². The Bertz CT molecular complexity index is 738. The molecule has 0 unspecified atom stereocenters. The van der Waals surface area contributed by atoms with Gasteiger partial charge >= 0.3 is 0 Å². The first-order valence-corrected chi connectivity index (χ1v) is 7.75. The van der Waals surface area contributed by atoms with Crippen molar-refractivity contribution < 1.29 is 14.3 Å². The molecule has 1 fully saturated rings. The first-order valence-electron chi connectivity index (χ1n) is 7.75. The second kappa shape index (κ2) is 6.84. The van der Waals surface area contributed by atoms with Gasteiger partial charge in [0.25, 0.3) is 5.91 Å². The smallest absolute Gasteiger partial charge is 0.259 e. The highest BCUT2D eigenvalue weighted by molar-refractivity contribution is 6.10. The summed E-state index contributed by atoms with van der Waals surface area (Å²) in [7, 11) is 3.17. The SMILES string of the molecule is COc1ccc(N=C[C@H]2[C@@H](OC)C(=O)N2c2ccc(C)cc2)cc1. The first kappa shape index (κ1) is 16.2. The number of ether oxygens (including phenoxy) is 2. The van der Waals surface area contributed by atoms with Crippen molar-refractivity contribution in [1.82, 2.24) is 0 Å². The van der Waals surface area contributed by atoms with Gasteiger partial charge < -0.3 is 9.47 Å². The molecule has 1 amide bonds. The molecule has 1 heterocycles. The topological polar surface area (TPSA) is 51.1 Å². The molecule has 3 rings (SSSR count). The molecule has 0 aliphatic carbocycles. The third-order valence-electron chi connectivity index (χ3n) is 4.10. The van der Waals surface area contributed by atoms with E-state index in [4.69, 9.17) is 9.47 Å². The first-order chi connectivity index (χ1) is 11.6. The third kappa shape index (κ3) is 3.03. The molecule has 1 aliphatic rings. The van der Waals surface area contributed by atoms with Crippen LogP contribution in [0.5, 0.6) is 5.75 Å². The van der Waals surface area contributed by atoms with Crippen molar-refractivity contribution in [3.8, 4) is 5.75 Å².